The Labute approximate surface area is 127 Å². The number of nitrogens with one attached hydrogen (secondary N) is 2. The normalized spacial score (nSPS) is 20.2. The Morgan fingerprint density at radius 2 is 2.30 bits per heavy atom. The second-order valence-electron chi connectivity index (χ2n) is 5.58. The molecule has 4 N–H and O–H groups in total. The van der Waals surface area contributed by atoms with Gasteiger partial charge in [0, 0.05) is 17.3 Å². The van der Waals surface area contributed by atoms with E-state index in [1.54, 1.807) is 0 Å². The molecule has 0 saturated heterocycles. The highest BCUT2D eigenvalue weighted by atomic mass is 32.2. The van der Waals surface area contributed by atoms with Gasteiger partial charge in [0.2, 0.25) is 0 Å². The molecule has 2 aliphatic rings. The zero-order valence-corrected chi connectivity index (χ0v) is 13.2. The van der Waals surface area contributed by atoms with E-state index >= 15 is 0 Å². The van der Waals surface area contributed by atoms with Crippen LogP contribution in [0.25, 0.3) is 0 Å². The molecular weight excluding hydrogens is 292 g/mol. The molecule has 1 heterocycles. The zero-order valence-electron chi connectivity index (χ0n) is 11.6. The number of aromatic nitrogens is 1. The molecule has 0 bridgehead atoms. The van der Waals surface area contributed by atoms with Gasteiger partial charge in [-0.25, -0.2) is 4.98 Å². The van der Waals surface area contributed by atoms with Gasteiger partial charge < -0.3 is 16.4 Å². The average molecular weight is 312 g/mol. The number of rotatable bonds is 6. The average Bonchev–Trinajstić information content (AvgIpc) is 3.11. The lowest BCUT2D eigenvalue weighted by molar-refractivity contribution is 0.0948. The SMILES string of the molecule is CSC1(CNC(=O)c2sc(NC3CC3)nc2N)CCC1. The molecule has 5 nitrogen and oxygen atoms in total. The first-order valence-electron chi connectivity index (χ1n) is 6.98. The fraction of sp³-hybridized carbons (Fsp3) is 0.692. The predicted molar refractivity (Wildman–Crippen MR) is 85.6 cm³/mol. The van der Waals surface area contributed by atoms with Crippen LogP contribution in [0.5, 0.6) is 0 Å². The number of nitrogen functional groups attached to an aromatic ring is 1. The van der Waals surface area contributed by atoms with Crippen molar-refractivity contribution in [2.45, 2.75) is 42.9 Å². The molecule has 20 heavy (non-hydrogen) atoms. The van der Waals surface area contributed by atoms with Crippen LogP contribution in [0.4, 0.5) is 10.9 Å². The Bertz CT molecular complexity index is 503. The van der Waals surface area contributed by atoms with Gasteiger partial charge in [-0.05, 0) is 31.9 Å². The van der Waals surface area contributed by atoms with Gasteiger partial charge in [-0.1, -0.05) is 17.8 Å². The van der Waals surface area contributed by atoms with E-state index in [0.29, 0.717) is 16.7 Å². The molecule has 0 spiro atoms. The predicted octanol–water partition coefficient (Wildman–Crippen LogP) is 2.32. The summed E-state index contributed by atoms with van der Waals surface area (Å²) in [6.45, 7) is 0.718. The molecule has 110 valence electrons. The van der Waals surface area contributed by atoms with Gasteiger partial charge in [-0.2, -0.15) is 11.8 Å². The lowest BCUT2D eigenvalue weighted by Crippen LogP contribution is -2.45. The summed E-state index contributed by atoms with van der Waals surface area (Å²) in [6, 6.07) is 0.520. The molecule has 1 aromatic rings. The van der Waals surface area contributed by atoms with Gasteiger partial charge in [-0.15, -0.1) is 0 Å². The number of carbonyl (C=O) groups is 1. The van der Waals surface area contributed by atoms with Crippen molar-refractivity contribution in [3.63, 3.8) is 0 Å². The van der Waals surface area contributed by atoms with Crippen LogP contribution in [-0.2, 0) is 0 Å². The number of hydrogen-bond donors (Lipinski definition) is 3. The van der Waals surface area contributed by atoms with E-state index < -0.39 is 0 Å². The van der Waals surface area contributed by atoms with Crippen molar-refractivity contribution < 1.29 is 4.79 Å². The lowest BCUT2D eigenvalue weighted by Gasteiger charge is -2.40. The molecule has 2 aliphatic carbocycles. The minimum atomic E-state index is -0.0934. The van der Waals surface area contributed by atoms with Crippen LogP contribution in [-0.4, -0.2) is 34.5 Å². The summed E-state index contributed by atoms with van der Waals surface area (Å²) in [5, 5.41) is 7.06. The van der Waals surface area contributed by atoms with Crippen molar-refractivity contribution in [2.24, 2.45) is 0 Å². The van der Waals surface area contributed by atoms with Crippen molar-refractivity contribution in [1.82, 2.24) is 10.3 Å². The van der Waals surface area contributed by atoms with Crippen LogP contribution in [0.15, 0.2) is 0 Å². The first-order chi connectivity index (χ1) is 9.62. The van der Waals surface area contributed by atoms with Crippen LogP contribution in [0.2, 0.25) is 0 Å². The molecule has 1 amide bonds. The highest BCUT2D eigenvalue weighted by Crippen LogP contribution is 2.42. The van der Waals surface area contributed by atoms with Crippen LogP contribution < -0.4 is 16.4 Å². The highest BCUT2D eigenvalue weighted by molar-refractivity contribution is 8.00. The maximum absolute atomic E-state index is 12.2. The van der Waals surface area contributed by atoms with Crippen LogP contribution in [0.1, 0.15) is 41.8 Å². The van der Waals surface area contributed by atoms with E-state index in [1.165, 1.54) is 43.4 Å². The topological polar surface area (TPSA) is 80.0 Å². The summed E-state index contributed by atoms with van der Waals surface area (Å²) < 4.78 is 0.240. The summed E-state index contributed by atoms with van der Waals surface area (Å²) in [4.78, 5) is 17.0. The van der Waals surface area contributed by atoms with Gasteiger partial charge in [0.25, 0.3) is 5.91 Å². The minimum Gasteiger partial charge on any atom is -0.382 e. The number of nitrogens with two attached hydrogens (primary N) is 1. The van der Waals surface area contributed by atoms with Crippen LogP contribution in [0, 0.1) is 0 Å². The molecule has 1 aromatic heterocycles. The maximum atomic E-state index is 12.2. The Kier molecular flexibility index (Phi) is 3.81. The lowest BCUT2D eigenvalue weighted by atomic mass is 9.84. The zero-order chi connectivity index (χ0) is 14.2. The third-order valence-corrected chi connectivity index (χ3v) is 6.45. The third-order valence-electron chi connectivity index (χ3n) is 4.03. The van der Waals surface area contributed by atoms with Gasteiger partial charge in [0.1, 0.15) is 10.7 Å². The quantitative estimate of drug-likeness (QED) is 0.751. The number of anilines is 2. The first-order valence-corrected chi connectivity index (χ1v) is 9.02. The van der Waals surface area contributed by atoms with E-state index in [4.69, 9.17) is 5.73 Å². The highest BCUT2D eigenvalue weighted by Gasteiger charge is 2.36. The van der Waals surface area contributed by atoms with Crippen LogP contribution in [0.3, 0.4) is 0 Å². The fourth-order valence-corrected chi connectivity index (χ4v) is 4.10. The van der Waals surface area contributed by atoms with E-state index in [9.17, 15) is 4.79 Å². The molecule has 3 rings (SSSR count). The molecule has 0 radical (unpaired) electrons. The maximum Gasteiger partial charge on any atom is 0.265 e. The second kappa shape index (κ2) is 5.44. The summed E-state index contributed by atoms with van der Waals surface area (Å²) >= 11 is 3.21. The number of thiazole rings is 1. The van der Waals surface area contributed by atoms with Crippen LogP contribution >= 0.6 is 23.1 Å². The Morgan fingerprint density at radius 1 is 1.55 bits per heavy atom. The third kappa shape index (κ3) is 2.88. The number of amides is 1. The molecular formula is C13H20N4OS2. The van der Waals surface area contributed by atoms with Gasteiger partial charge in [0.05, 0.1) is 0 Å². The van der Waals surface area contributed by atoms with E-state index in [-0.39, 0.29) is 10.7 Å². The van der Waals surface area contributed by atoms with Gasteiger partial charge >= 0.3 is 0 Å². The largest absolute Gasteiger partial charge is 0.382 e. The summed E-state index contributed by atoms with van der Waals surface area (Å²) in [5.41, 5.74) is 5.85. The monoisotopic (exact) mass is 312 g/mol. The second-order valence-corrected chi connectivity index (χ2v) is 7.85. The standard InChI is InChI=1S/C13H20N4OS2/c1-19-13(5-2-6-13)7-15-11(18)9-10(14)17-12(20-9)16-8-3-4-8/h8H,2-7,14H2,1H3,(H,15,18)(H,16,17). The molecule has 0 aromatic carbocycles. The molecule has 0 unspecified atom stereocenters. The summed E-state index contributed by atoms with van der Waals surface area (Å²) in [7, 11) is 0. The fourth-order valence-electron chi connectivity index (χ4n) is 2.30. The number of thioether (sulfide) groups is 1. The molecule has 0 aliphatic heterocycles. The number of nitrogens with zero attached hydrogens (tertiary/aromatic N) is 1. The molecule has 7 heteroatoms. The smallest absolute Gasteiger partial charge is 0.265 e. The minimum absolute atomic E-state index is 0.0934. The van der Waals surface area contributed by atoms with E-state index in [1.807, 2.05) is 11.8 Å². The van der Waals surface area contributed by atoms with Crippen molar-refractivity contribution >= 4 is 40.0 Å². The molecule has 0 atom stereocenters. The Hall–Kier alpha value is -0.950. The molecule has 2 saturated carbocycles. The number of carbonyl (C=O) groups excluding carboxylic acids is 1. The van der Waals surface area contributed by atoms with Crippen molar-refractivity contribution in [3.8, 4) is 0 Å². The van der Waals surface area contributed by atoms with Crippen molar-refractivity contribution in [1.29, 1.82) is 0 Å². The molecule has 2 fully saturated rings. The van der Waals surface area contributed by atoms with Gasteiger partial charge in [0.15, 0.2) is 5.13 Å². The Balaban J connectivity index is 1.59. The van der Waals surface area contributed by atoms with Gasteiger partial charge in [-0.3, -0.25) is 4.79 Å². The van der Waals surface area contributed by atoms with Crippen molar-refractivity contribution in [2.75, 3.05) is 23.9 Å². The number of hydrogen-bond acceptors (Lipinski definition) is 6. The Morgan fingerprint density at radius 3 is 2.85 bits per heavy atom. The summed E-state index contributed by atoms with van der Waals surface area (Å²) in [5.74, 6) is 0.242. The van der Waals surface area contributed by atoms with E-state index in [0.717, 1.165) is 11.7 Å². The van der Waals surface area contributed by atoms with Crippen molar-refractivity contribution in [3.05, 3.63) is 4.88 Å². The summed E-state index contributed by atoms with van der Waals surface area (Å²) in [6.07, 6.45) is 8.09. The first kappa shape index (κ1) is 14.0. The van der Waals surface area contributed by atoms with E-state index in [2.05, 4.69) is 21.9 Å².